The second-order valence-corrected chi connectivity index (χ2v) is 5.33. The summed E-state index contributed by atoms with van der Waals surface area (Å²) in [7, 11) is 1.84. The SMILES string of the molecule is CCn1ncc(Br)c1C(=O)c1nn(C)c2ccccc12. The van der Waals surface area contributed by atoms with Gasteiger partial charge in [0.25, 0.3) is 0 Å². The minimum atomic E-state index is -0.118. The van der Waals surface area contributed by atoms with Gasteiger partial charge < -0.3 is 0 Å². The van der Waals surface area contributed by atoms with Gasteiger partial charge in [-0.15, -0.1) is 0 Å². The van der Waals surface area contributed by atoms with Crippen LogP contribution in [0.4, 0.5) is 0 Å². The third-order valence-electron chi connectivity index (χ3n) is 3.28. The smallest absolute Gasteiger partial charge is 0.233 e. The van der Waals surface area contributed by atoms with Crippen molar-refractivity contribution in [2.24, 2.45) is 7.05 Å². The van der Waals surface area contributed by atoms with Crippen molar-refractivity contribution in [1.82, 2.24) is 19.6 Å². The summed E-state index contributed by atoms with van der Waals surface area (Å²) in [5.41, 5.74) is 1.94. The number of hydrogen-bond acceptors (Lipinski definition) is 3. The highest BCUT2D eigenvalue weighted by Gasteiger charge is 2.23. The number of rotatable bonds is 3. The number of ketones is 1. The Balaban J connectivity index is 2.21. The van der Waals surface area contributed by atoms with Crippen LogP contribution in [-0.2, 0) is 13.6 Å². The van der Waals surface area contributed by atoms with Crippen molar-refractivity contribution in [1.29, 1.82) is 0 Å². The lowest BCUT2D eigenvalue weighted by molar-refractivity contribution is 0.102. The predicted molar refractivity (Wildman–Crippen MR) is 79.7 cm³/mol. The zero-order valence-corrected chi connectivity index (χ0v) is 12.8. The maximum absolute atomic E-state index is 12.8. The van der Waals surface area contributed by atoms with Crippen LogP contribution < -0.4 is 0 Å². The van der Waals surface area contributed by atoms with E-state index in [4.69, 9.17) is 0 Å². The van der Waals surface area contributed by atoms with Crippen LogP contribution in [0.25, 0.3) is 10.9 Å². The second-order valence-electron chi connectivity index (χ2n) is 4.48. The molecule has 0 aliphatic rings. The Bertz CT molecular complexity index is 803. The van der Waals surface area contributed by atoms with Gasteiger partial charge in [0.2, 0.25) is 5.78 Å². The summed E-state index contributed by atoms with van der Waals surface area (Å²) in [5, 5.41) is 9.41. The molecule has 0 saturated heterocycles. The van der Waals surface area contributed by atoms with E-state index in [2.05, 4.69) is 26.1 Å². The topological polar surface area (TPSA) is 52.7 Å². The number of aryl methyl sites for hydroxylation is 2. The fourth-order valence-electron chi connectivity index (χ4n) is 2.32. The molecule has 102 valence electrons. The molecule has 3 aromatic rings. The number of aromatic nitrogens is 4. The Morgan fingerprint density at radius 3 is 2.85 bits per heavy atom. The van der Waals surface area contributed by atoms with Gasteiger partial charge in [-0.2, -0.15) is 10.2 Å². The molecule has 6 heteroatoms. The van der Waals surface area contributed by atoms with E-state index in [-0.39, 0.29) is 5.78 Å². The monoisotopic (exact) mass is 332 g/mol. The molecule has 1 aromatic carbocycles. The molecule has 0 N–H and O–H groups in total. The molecule has 0 saturated carbocycles. The Kier molecular flexibility index (Phi) is 3.17. The lowest BCUT2D eigenvalue weighted by Crippen LogP contribution is -2.12. The summed E-state index contributed by atoms with van der Waals surface area (Å²) < 4.78 is 4.10. The van der Waals surface area contributed by atoms with Crippen LogP contribution in [0.3, 0.4) is 0 Å². The van der Waals surface area contributed by atoms with Gasteiger partial charge in [0.15, 0.2) is 0 Å². The van der Waals surface area contributed by atoms with E-state index in [9.17, 15) is 4.79 Å². The summed E-state index contributed by atoms with van der Waals surface area (Å²) >= 11 is 3.39. The molecular formula is C14H13BrN4O. The largest absolute Gasteiger partial charge is 0.285 e. The fourth-order valence-corrected chi connectivity index (χ4v) is 2.80. The van der Waals surface area contributed by atoms with E-state index in [1.54, 1.807) is 15.6 Å². The van der Waals surface area contributed by atoms with Crippen LogP contribution in [0.15, 0.2) is 34.9 Å². The van der Waals surface area contributed by atoms with Crippen molar-refractivity contribution in [2.75, 3.05) is 0 Å². The maximum atomic E-state index is 12.8. The predicted octanol–water partition coefficient (Wildman–Crippen LogP) is 2.78. The molecule has 0 unspecified atom stereocenters. The van der Waals surface area contributed by atoms with E-state index in [1.165, 1.54) is 0 Å². The van der Waals surface area contributed by atoms with Gasteiger partial charge in [0.1, 0.15) is 11.4 Å². The summed E-state index contributed by atoms with van der Waals surface area (Å²) in [5.74, 6) is -0.118. The quantitative estimate of drug-likeness (QED) is 0.693. The van der Waals surface area contributed by atoms with Gasteiger partial charge in [-0.05, 0) is 28.9 Å². The van der Waals surface area contributed by atoms with Crippen molar-refractivity contribution in [3.8, 4) is 0 Å². The number of benzene rings is 1. The molecule has 0 atom stereocenters. The summed E-state index contributed by atoms with van der Waals surface area (Å²) in [4.78, 5) is 12.8. The van der Waals surface area contributed by atoms with Gasteiger partial charge in [-0.25, -0.2) is 0 Å². The van der Waals surface area contributed by atoms with Crippen molar-refractivity contribution in [3.63, 3.8) is 0 Å². The third kappa shape index (κ3) is 1.87. The van der Waals surface area contributed by atoms with Crippen molar-refractivity contribution in [3.05, 3.63) is 46.3 Å². The fraction of sp³-hybridized carbons (Fsp3) is 0.214. The standard InChI is InChI=1S/C14H13BrN4O/c1-3-19-13(10(15)8-16-19)14(20)12-9-6-4-5-7-11(9)18(2)17-12/h4-8H,3H2,1-2H3. The van der Waals surface area contributed by atoms with Crippen molar-refractivity contribution in [2.45, 2.75) is 13.5 Å². The number of para-hydroxylation sites is 1. The molecule has 20 heavy (non-hydrogen) atoms. The van der Waals surface area contributed by atoms with Crippen molar-refractivity contribution < 1.29 is 4.79 Å². The summed E-state index contributed by atoms with van der Waals surface area (Å²) in [6.07, 6.45) is 1.64. The average molecular weight is 333 g/mol. The number of fused-ring (bicyclic) bond motifs is 1. The van der Waals surface area contributed by atoms with Gasteiger partial charge in [0, 0.05) is 19.0 Å². The Labute approximate surface area is 124 Å². The number of hydrogen-bond donors (Lipinski definition) is 0. The minimum Gasteiger partial charge on any atom is -0.285 e. The average Bonchev–Trinajstić information content (AvgIpc) is 3.00. The van der Waals surface area contributed by atoms with Crippen molar-refractivity contribution >= 4 is 32.6 Å². The number of halogens is 1. The van der Waals surface area contributed by atoms with Gasteiger partial charge in [0.05, 0.1) is 16.2 Å². The highest BCUT2D eigenvalue weighted by Crippen LogP contribution is 2.24. The first-order valence-electron chi connectivity index (χ1n) is 6.31. The molecule has 0 radical (unpaired) electrons. The van der Waals surface area contributed by atoms with Crippen LogP contribution in [0.5, 0.6) is 0 Å². The highest BCUT2D eigenvalue weighted by atomic mass is 79.9. The number of carbonyl (C=O) groups excluding carboxylic acids is 1. The second kappa shape index (κ2) is 4.86. The first-order valence-corrected chi connectivity index (χ1v) is 7.10. The van der Waals surface area contributed by atoms with Crippen LogP contribution in [0, 0.1) is 0 Å². The molecule has 0 bridgehead atoms. The lowest BCUT2D eigenvalue weighted by atomic mass is 10.1. The Morgan fingerprint density at radius 1 is 1.35 bits per heavy atom. The molecule has 0 fully saturated rings. The van der Waals surface area contributed by atoms with E-state index in [0.29, 0.717) is 22.4 Å². The molecule has 0 aliphatic heterocycles. The Morgan fingerprint density at radius 2 is 2.10 bits per heavy atom. The van der Waals surface area contributed by atoms with E-state index in [0.717, 1.165) is 10.9 Å². The molecular weight excluding hydrogens is 320 g/mol. The molecule has 0 amide bonds. The van der Waals surface area contributed by atoms with E-state index >= 15 is 0 Å². The third-order valence-corrected chi connectivity index (χ3v) is 3.86. The molecule has 2 heterocycles. The van der Waals surface area contributed by atoms with Crippen LogP contribution >= 0.6 is 15.9 Å². The lowest BCUT2D eigenvalue weighted by Gasteiger charge is -2.03. The van der Waals surface area contributed by atoms with Crippen LogP contribution in [0.1, 0.15) is 23.1 Å². The molecule has 3 rings (SSSR count). The first kappa shape index (κ1) is 13.1. The molecule has 0 spiro atoms. The zero-order chi connectivity index (χ0) is 14.3. The zero-order valence-electron chi connectivity index (χ0n) is 11.2. The van der Waals surface area contributed by atoms with Crippen LogP contribution in [0.2, 0.25) is 0 Å². The van der Waals surface area contributed by atoms with E-state index < -0.39 is 0 Å². The van der Waals surface area contributed by atoms with E-state index in [1.807, 2.05) is 38.2 Å². The number of nitrogens with zero attached hydrogens (tertiary/aromatic N) is 4. The molecule has 0 aliphatic carbocycles. The Hall–Kier alpha value is -1.95. The van der Waals surface area contributed by atoms with Gasteiger partial charge >= 0.3 is 0 Å². The molecule has 2 aromatic heterocycles. The van der Waals surface area contributed by atoms with Gasteiger partial charge in [-0.1, -0.05) is 18.2 Å². The summed E-state index contributed by atoms with van der Waals surface area (Å²) in [6, 6.07) is 7.71. The molecule has 5 nitrogen and oxygen atoms in total. The maximum Gasteiger partial charge on any atom is 0.233 e. The normalized spacial score (nSPS) is 11.2. The van der Waals surface area contributed by atoms with Gasteiger partial charge in [-0.3, -0.25) is 14.2 Å². The minimum absolute atomic E-state index is 0.118. The highest BCUT2D eigenvalue weighted by molar-refractivity contribution is 9.10. The first-order chi connectivity index (χ1) is 9.63. The summed E-state index contributed by atoms with van der Waals surface area (Å²) in [6.45, 7) is 2.59. The number of carbonyl (C=O) groups is 1. The van der Waals surface area contributed by atoms with Crippen LogP contribution in [-0.4, -0.2) is 25.3 Å².